The van der Waals surface area contributed by atoms with Crippen molar-refractivity contribution >= 4 is 24.2 Å². The number of cyclic esters (lactones) is 1. The van der Waals surface area contributed by atoms with Crippen molar-refractivity contribution in [3.8, 4) is 0 Å². The molecule has 2 N–H and O–H groups in total. The molecule has 346 valence electrons. The lowest BCUT2D eigenvalue weighted by Gasteiger charge is -2.47. The average Bonchev–Trinajstić information content (AvgIpc) is 3.47. The number of nitrogens with zero attached hydrogens (tertiary/aromatic N) is 4. The number of carbonyl (C=O) groups excluding carboxylic acids is 4. The average molecular weight is 864 g/mol. The predicted octanol–water partition coefficient (Wildman–Crippen LogP) is 4.57. The maximum absolute atomic E-state index is 14.6. The second kappa shape index (κ2) is 22.1. The van der Waals surface area contributed by atoms with Crippen molar-refractivity contribution in [2.24, 2.45) is 17.6 Å². The van der Waals surface area contributed by atoms with Crippen molar-refractivity contribution < 1.29 is 57.1 Å². The third-order valence-electron chi connectivity index (χ3n) is 12.9. The molecule has 3 fully saturated rings. The first kappa shape index (κ1) is 50.0. The molecule has 0 spiro atoms. The van der Waals surface area contributed by atoms with Gasteiger partial charge in [0.25, 0.3) is 0 Å². The van der Waals surface area contributed by atoms with Crippen LogP contribution >= 0.6 is 0 Å². The highest BCUT2D eigenvalue weighted by Crippen LogP contribution is 2.41. The van der Waals surface area contributed by atoms with Gasteiger partial charge >= 0.3 is 24.2 Å². The van der Waals surface area contributed by atoms with Gasteiger partial charge in [-0.1, -0.05) is 19.9 Å². The van der Waals surface area contributed by atoms with Crippen molar-refractivity contribution in [3.63, 3.8) is 0 Å². The summed E-state index contributed by atoms with van der Waals surface area (Å²) in [4.78, 5) is 64.9. The molecule has 0 aromatic carbocycles. The Morgan fingerprint density at radius 3 is 2.39 bits per heavy atom. The minimum absolute atomic E-state index is 0.0321. The van der Waals surface area contributed by atoms with Gasteiger partial charge in [-0.2, -0.15) is 0 Å². The molecule has 4 heterocycles. The number of rotatable bonds is 13. The van der Waals surface area contributed by atoms with Crippen molar-refractivity contribution in [1.82, 2.24) is 19.7 Å². The zero-order chi connectivity index (χ0) is 45.2. The lowest BCUT2D eigenvalue weighted by Crippen LogP contribution is -2.61. The number of methoxy groups -OCH3 is 2. The first-order chi connectivity index (χ1) is 28.8. The molecule has 3 aliphatic heterocycles. The lowest BCUT2D eigenvalue weighted by atomic mass is 9.82. The zero-order valence-electron chi connectivity index (χ0n) is 38.5. The summed E-state index contributed by atoms with van der Waals surface area (Å²) in [7, 11) is 8.62. The molecular formula is C44H73N5O12. The van der Waals surface area contributed by atoms with Crippen LogP contribution in [0.2, 0.25) is 0 Å². The predicted molar refractivity (Wildman–Crippen MR) is 225 cm³/mol. The Bertz CT molecular complexity index is 1590. The van der Waals surface area contributed by atoms with Gasteiger partial charge in [-0.05, 0) is 112 Å². The summed E-state index contributed by atoms with van der Waals surface area (Å²) >= 11 is 0. The minimum atomic E-state index is -1.23. The number of pyridine rings is 1. The van der Waals surface area contributed by atoms with Crippen LogP contribution in [-0.2, 0) is 53.9 Å². The Morgan fingerprint density at radius 1 is 1.07 bits per heavy atom. The number of fused-ring (bicyclic) bond motifs is 1. The van der Waals surface area contributed by atoms with Crippen LogP contribution in [0.5, 0.6) is 0 Å². The summed E-state index contributed by atoms with van der Waals surface area (Å²) in [5.41, 5.74) is 4.16. The molecule has 0 aliphatic carbocycles. The molecule has 1 amide bonds. The molecule has 13 atom stereocenters. The van der Waals surface area contributed by atoms with Crippen LogP contribution in [0.3, 0.4) is 0 Å². The van der Waals surface area contributed by atoms with E-state index in [4.69, 9.17) is 43.6 Å². The number of likely N-dealkylation sites (N-methyl/N-ethyl adjacent to an activating group) is 2. The summed E-state index contributed by atoms with van der Waals surface area (Å²) in [5.74, 6) is -2.30. The first-order valence-electron chi connectivity index (χ1n) is 21.8. The molecule has 0 saturated carbocycles. The summed E-state index contributed by atoms with van der Waals surface area (Å²) in [6, 6.07) is 2.45. The number of amides is 1. The first-order valence-corrected chi connectivity index (χ1v) is 21.8. The van der Waals surface area contributed by atoms with Gasteiger partial charge < -0.3 is 53.4 Å². The van der Waals surface area contributed by atoms with Gasteiger partial charge in [0.05, 0.1) is 49.3 Å². The van der Waals surface area contributed by atoms with E-state index >= 15 is 0 Å². The molecule has 4 rings (SSSR count). The second-order valence-corrected chi connectivity index (χ2v) is 17.9. The van der Waals surface area contributed by atoms with Crippen molar-refractivity contribution in [1.29, 1.82) is 0 Å². The monoisotopic (exact) mass is 864 g/mol. The van der Waals surface area contributed by atoms with Gasteiger partial charge in [0.2, 0.25) is 0 Å². The van der Waals surface area contributed by atoms with Gasteiger partial charge in [0, 0.05) is 45.1 Å². The Labute approximate surface area is 362 Å². The number of nitrogens with two attached hydrogens (primary N) is 1. The third-order valence-corrected chi connectivity index (χ3v) is 12.9. The van der Waals surface area contributed by atoms with Crippen molar-refractivity contribution in [2.75, 3.05) is 55.0 Å². The normalized spacial score (nSPS) is 35.6. The number of hydrogen-bond donors (Lipinski definition) is 1. The van der Waals surface area contributed by atoms with Crippen LogP contribution in [0, 0.1) is 11.8 Å². The van der Waals surface area contributed by atoms with E-state index in [-0.39, 0.29) is 36.9 Å². The van der Waals surface area contributed by atoms with Gasteiger partial charge in [0.15, 0.2) is 18.0 Å². The highest BCUT2D eigenvalue weighted by atomic mass is 16.8. The minimum Gasteiger partial charge on any atom is -0.461 e. The molecule has 0 radical (unpaired) electrons. The Balaban J connectivity index is 1.85. The molecule has 61 heavy (non-hydrogen) atoms. The highest BCUT2D eigenvalue weighted by Gasteiger charge is 2.59. The number of esters is 2. The fourth-order valence-electron chi connectivity index (χ4n) is 9.37. The maximum Gasteiger partial charge on any atom is 0.508 e. The van der Waals surface area contributed by atoms with E-state index in [0.717, 1.165) is 6.42 Å². The van der Waals surface area contributed by atoms with E-state index < -0.39 is 78.1 Å². The fraction of sp³-hybridized carbons (Fsp3) is 0.795. The third kappa shape index (κ3) is 12.3. The number of aromatic nitrogens is 1. The van der Waals surface area contributed by atoms with E-state index in [1.165, 1.54) is 7.11 Å². The molecule has 3 unspecified atom stereocenters. The van der Waals surface area contributed by atoms with Gasteiger partial charge in [-0.15, -0.1) is 0 Å². The smallest absolute Gasteiger partial charge is 0.461 e. The molecule has 3 aliphatic rings. The van der Waals surface area contributed by atoms with Crippen LogP contribution in [0.4, 0.5) is 9.59 Å². The molecular weight excluding hydrogens is 791 g/mol. The molecule has 17 nitrogen and oxygen atoms in total. The summed E-state index contributed by atoms with van der Waals surface area (Å²) in [6.07, 6.45) is -0.753. The van der Waals surface area contributed by atoms with Gasteiger partial charge in [-0.3, -0.25) is 19.5 Å². The molecule has 1 aromatic heterocycles. The summed E-state index contributed by atoms with van der Waals surface area (Å²) in [6.45, 7) is 14.9. The standard InChI is InChI=1S/C44H73N5O12/c1-13-34-44(7)38(49(41(52)61-44)20-15-14-18-45)30(5)48(10)26-27(2)24-43(6,55-12)35(59-40-37(60-42(53)54-11)32(47(8)9)21-28(3)56-40)23-33(29(4)39(51)58-34)57-36(50)22-31-17-16-19-46-25-31/h16-17,19,25,27-30,32-35,37-38,40H,13-15,18,20-24,26,45H2,1-12H3/t27-,28-,29-,30-,32?,33?,34+,35-,37?,38-,40+,43-,44-/m1/s1. The SMILES string of the molecule is CC[C@@H]1OC(=O)[C@H](C)C(OC(=O)Cc2cccnc2)C[C@@H](O[C@@H]2O[C@H](C)CC(N(C)C)C2OC(=O)OC)[C@](C)(OC)C[C@@H](C)CN(C)[C@H](C)[C@H]2N(CCCCN)C(=O)O[C@]12C. The second-order valence-electron chi connectivity index (χ2n) is 17.9. The van der Waals surface area contributed by atoms with Crippen LogP contribution in [0.15, 0.2) is 24.5 Å². The lowest BCUT2D eigenvalue weighted by molar-refractivity contribution is -0.294. The Morgan fingerprint density at radius 2 is 1.79 bits per heavy atom. The fourth-order valence-corrected chi connectivity index (χ4v) is 9.37. The molecule has 1 aromatic rings. The van der Waals surface area contributed by atoms with Crippen molar-refractivity contribution in [3.05, 3.63) is 30.1 Å². The highest BCUT2D eigenvalue weighted by molar-refractivity contribution is 5.76. The summed E-state index contributed by atoms with van der Waals surface area (Å²) < 4.78 is 49.5. The molecule has 3 saturated heterocycles. The molecule has 17 heteroatoms. The zero-order valence-corrected chi connectivity index (χ0v) is 38.5. The van der Waals surface area contributed by atoms with E-state index in [0.29, 0.717) is 50.9 Å². The Kier molecular flexibility index (Phi) is 18.2. The number of hydrogen-bond acceptors (Lipinski definition) is 16. The largest absolute Gasteiger partial charge is 0.508 e. The van der Waals surface area contributed by atoms with E-state index in [1.807, 2.05) is 53.7 Å². The molecule has 0 bridgehead atoms. The van der Waals surface area contributed by atoms with E-state index in [1.54, 1.807) is 43.5 Å². The van der Waals surface area contributed by atoms with E-state index in [9.17, 15) is 19.2 Å². The number of ether oxygens (including phenoxy) is 8. The maximum atomic E-state index is 14.6. The number of unbranched alkanes of at least 4 members (excludes halogenated alkanes) is 1. The van der Waals surface area contributed by atoms with Crippen molar-refractivity contribution in [2.45, 2.75) is 160 Å². The van der Waals surface area contributed by atoms with Crippen LogP contribution in [0.25, 0.3) is 0 Å². The van der Waals surface area contributed by atoms with Crippen LogP contribution in [0.1, 0.15) is 92.6 Å². The van der Waals surface area contributed by atoms with Crippen LogP contribution < -0.4 is 5.73 Å². The quantitative estimate of drug-likeness (QED) is 0.165. The van der Waals surface area contributed by atoms with Crippen LogP contribution in [-0.4, -0.2) is 165 Å². The van der Waals surface area contributed by atoms with E-state index in [2.05, 4.69) is 23.7 Å². The van der Waals surface area contributed by atoms with Gasteiger partial charge in [0.1, 0.15) is 12.2 Å². The topological polar surface area (TPSA) is 191 Å². The van der Waals surface area contributed by atoms with Gasteiger partial charge in [-0.25, -0.2) is 9.59 Å². The number of carbonyl (C=O) groups is 4. The summed E-state index contributed by atoms with van der Waals surface area (Å²) in [5, 5.41) is 0. The Hall–Kier alpha value is -3.61.